The molecule has 1 rings (SSSR count). The van der Waals surface area contributed by atoms with Gasteiger partial charge in [0.15, 0.2) is 5.01 Å². The van der Waals surface area contributed by atoms with Crippen molar-refractivity contribution in [2.24, 2.45) is 0 Å². The number of aromatic nitrogens is 1. The largest absolute Gasteiger partial charge is 0.480 e. The van der Waals surface area contributed by atoms with Gasteiger partial charge in [-0.05, 0) is 13.8 Å². The third-order valence-electron chi connectivity index (χ3n) is 1.94. The van der Waals surface area contributed by atoms with Crippen molar-refractivity contribution in [3.05, 3.63) is 16.1 Å². The Labute approximate surface area is 104 Å². The second-order valence-corrected chi connectivity index (χ2v) is 4.78. The average molecular weight is 282 g/mol. The lowest BCUT2D eigenvalue weighted by atomic mass is 10.1. The van der Waals surface area contributed by atoms with Crippen molar-refractivity contribution in [3.8, 4) is 0 Å². The smallest absolute Gasteiger partial charge is 0.443 e. The number of nitrogens with one attached hydrogen (secondary N) is 1. The second-order valence-electron chi connectivity index (χ2n) is 3.92. The molecule has 0 saturated carbocycles. The molecular weight excluding hydrogens is 273 g/mol. The Hall–Kier alpha value is -1.64. The van der Waals surface area contributed by atoms with Crippen LogP contribution in [-0.4, -0.2) is 27.5 Å². The SMILES string of the molecule is CC(C)(NC(=O)c1csc(C(F)(F)F)n1)C(=O)O. The van der Waals surface area contributed by atoms with Gasteiger partial charge in [-0.15, -0.1) is 11.3 Å². The van der Waals surface area contributed by atoms with Crippen LogP contribution in [0.1, 0.15) is 29.3 Å². The molecule has 2 N–H and O–H groups in total. The molecule has 0 unspecified atom stereocenters. The third-order valence-corrected chi connectivity index (χ3v) is 2.83. The Bertz CT molecular complexity index is 482. The van der Waals surface area contributed by atoms with Gasteiger partial charge in [-0.3, -0.25) is 4.79 Å². The van der Waals surface area contributed by atoms with E-state index in [4.69, 9.17) is 5.11 Å². The predicted molar refractivity (Wildman–Crippen MR) is 56.3 cm³/mol. The van der Waals surface area contributed by atoms with E-state index in [0.717, 1.165) is 5.38 Å². The number of carbonyl (C=O) groups excluding carboxylic acids is 1. The molecule has 1 amide bonds. The fourth-order valence-electron chi connectivity index (χ4n) is 0.910. The van der Waals surface area contributed by atoms with Crippen LogP contribution in [0.15, 0.2) is 5.38 Å². The first-order chi connectivity index (χ1) is 8.04. The fourth-order valence-corrected chi connectivity index (χ4v) is 1.58. The zero-order valence-electron chi connectivity index (χ0n) is 9.33. The van der Waals surface area contributed by atoms with Gasteiger partial charge in [0.05, 0.1) is 0 Å². The Kier molecular flexibility index (Phi) is 3.65. The van der Waals surface area contributed by atoms with Gasteiger partial charge in [-0.25, -0.2) is 9.78 Å². The number of carboxylic acids is 1. The molecule has 100 valence electrons. The summed E-state index contributed by atoms with van der Waals surface area (Å²) >= 11 is 0.275. The quantitative estimate of drug-likeness (QED) is 0.885. The van der Waals surface area contributed by atoms with E-state index in [9.17, 15) is 22.8 Å². The van der Waals surface area contributed by atoms with E-state index >= 15 is 0 Å². The van der Waals surface area contributed by atoms with Crippen LogP contribution in [0.25, 0.3) is 0 Å². The Morgan fingerprint density at radius 2 is 1.94 bits per heavy atom. The molecule has 1 aromatic rings. The van der Waals surface area contributed by atoms with Crippen molar-refractivity contribution in [2.45, 2.75) is 25.6 Å². The van der Waals surface area contributed by atoms with Gasteiger partial charge in [-0.1, -0.05) is 0 Å². The van der Waals surface area contributed by atoms with Crippen LogP contribution in [-0.2, 0) is 11.0 Å². The minimum Gasteiger partial charge on any atom is -0.480 e. The maximum Gasteiger partial charge on any atom is 0.443 e. The standard InChI is InChI=1S/C9H9F3N2O3S/c1-8(2,7(16)17)14-5(15)4-3-18-6(13-4)9(10,11)12/h3H,1-2H3,(H,14,15)(H,16,17). The second kappa shape index (κ2) is 4.56. The zero-order chi connectivity index (χ0) is 14.1. The van der Waals surface area contributed by atoms with Gasteiger partial charge >= 0.3 is 12.1 Å². The summed E-state index contributed by atoms with van der Waals surface area (Å²) in [5, 5.41) is 10.6. The number of carboxylic acid groups (broad SMARTS) is 1. The minimum atomic E-state index is -4.62. The predicted octanol–water partition coefficient (Wildman–Crippen LogP) is 1.75. The lowest BCUT2D eigenvalue weighted by molar-refractivity contribution is -0.143. The number of hydrogen-bond acceptors (Lipinski definition) is 4. The van der Waals surface area contributed by atoms with Gasteiger partial charge in [0.2, 0.25) is 0 Å². The lowest BCUT2D eigenvalue weighted by Gasteiger charge is -2.20. The van der Waals surface area contributed by atoms with Crippen molar-refractivity contribution in [3.63, 3.8) is 0 Å². The number of hydrogen-bond donors (Lipinski definition) is 2. The molecule has 0 aromatic carbocycles. The fraction of sp³-hybridized carbons (Fsp3) is 0.444. The summed E-state index contributed by atoms with van der Waals surface area (Å²) < 4.78 is 36.8. The first-order valence-electron chi connectivity index (χ1n) is 4.62. The number of carbonyl (C=O) groups is 2. The van der Waals surface area contributed by atoms with Crippen molar-refractivity contribution >= 4 is 23.2 Å². The number of thiazole rings is 1. The summed E-state index contributed by atoms with van der Waals surface area (Å²) in [5.41, 5.74) is -2.04. The Morgan fingerprint density at radius 1 is 1.39 bits per heavy atom. The summed E-state index contributed by atoms with van der Waals surface area (Å²) in [4.78, 5) is 25.4. The number of halogens is 3. The van der Waals surface area contributed by atoms with Gasteiger partial charge in [0, 0.05) is 5.38 Å². The minimum absolute atomic E-state index is 0.275. The normalized spacial score (nSPS) is 12.3. The Morgan fingerprint density at radius 3 is 2.33 bits per heavy atom. The molecule has 1 heterocycles. The highest BCUT2D eigenvalue weighted by Gasteiger charge is 2.36. The highest BCUT2D eigenvalue weighted by Crippen LogP contribution is 2.31. The maximum atomic E-state index is 12.3. The molecule has 0 fully saturated rings. The lowest BCUT2D eigenvalue weighted by Crippen LogP contribution is -2.49. The molecule has 0 aliphatic heterocycles. The van der Waals surface area contributed by atoms with Crippen molar-refractivity contribution < 1.29 is 27.9 Å². The number of nitrogens with zero attached hydrogens (tertiary/aromatic N) is 1. The van der Waals surface area contributed by atoms with Crippen molar-refractivity contribution in [2.75, 3.05) is 0 Å². The van der Waals surface area contributed by atoms with E-state index in [0.29, 0.717) is 0 Å². The van der Waals surface area contributed by atoms with Crippen LogP contribution < -0.4 is 5.32 Å². The molecule has 1 aromatic heterocycles. The first kappa shape index (κ1) is 14.4. The van der Waals surface area contributed by atoms with E-state index in [1.165, 1.54) is 13.8 Å². The van der Waals surface area contributed by atoms with Gasteiger partial charge < -0.3 is 10.4 Å². The summed E-state index contributed by atoms with van der Waals surface area (Å²) in [6.45, 7) is 2.43. The van der Waals surface area contributed by atoms with Crippen molar-refractivity contribution in [1.29, 1.82) is 0 Å². The topological polar surface area (TPSA) is 79.3 Å². The molecule has 0 radical (unpaired) electrons. The van der Waals surface area contributed by atoms with E-state index in [1.807, 2.05) is 0 Å². The summed E-state index contributed by atoms with van der Waals surface area (Å²) in [7, 11) is 0. The highest BCUT2D eigenvalue weighted by molar-refractivity contribution is 7.09. The monoisotopic (exact) mass is 282 g/mol. The van der Waals surface area contributed by atoms with E-state index in [-0.39, 0.29) is 11.3 Å². The first-order valence-corrected chi connectivity index (χ1v) is 5.50. The Balaban J connectivity index is 2.87. The van der Waals surface area contributed by atoms with Gasteiger partial charge in [0.1, 0.15) is 11.2 Å². The summed E-state index contributed by atoms with van der Waals surface area (Å²) in [6.07, 6.45) is -4.62. The van der Waals surface area contributed by atoms with Crippen LogP contribution in [0.3, 0.4) is 0 Å². The van der Waals surface area contributed by atoms with Crippen LogP contribution in [0.2, 0.25) is 0 Å². The molecular formula is C9H9F3N2O3S. The van der Waals surface area contributed by atoms with Crippen LogP contribution in [0, 0.1) is 0 Å². The van der Waals surface area contributed by atoms with Crippen LogP contribution in [0.5, 0.6) is 0 Å². The molecule has 0 bridgehead atoms. The molecule has 18 heavy (non-hydrogen) atoms. The van der Waals surface area contributed by atoms with Gasteiger partial charge in [-0.2, -0.15) is 13.2 Å². The average Bonchev–Trinajstić information content (AvgIpc) is 2.64. The van der Waals surface area contributed by atoms with Crippen LogP contribution >= 0.6 is 11.3 Å². The zero-order valence-corrected chi connectivity index (χ0v) is 10.1. The molecule has 0 aliphatic carbocycles. The molecule has 5 nitrogen and oxygen atoms in total. The number of aliphatic carboxylic acids is 1. The molecule has 0 saturated heterocycles. The van der Waals surface area contributed by atoms with Gasteiger partial charge in [0.25, 0.3) is 5.91 Å². The number of amides is 1. The summed E-state index contributed by atoms with van der Waals surface area (Å²) in [5.74, 6) is -2.27. The van der Waals surface area contributed by atoms with E-state index in [1.54, 1.807) is 0 Å². The molecule has 0 aliphatic rings. The summed E-state index contributed by atoms with van der Waals surface area (Å²) in [6, 6.07) is 0. The number of alkyl halides is 3. The maximum absolute atomic E-state index is 12.3. The highest BCUT2D eigenvalue weighted by atomic mass is 32.1. The number of rotatable bonds is 3. The van der Waals surface area contributed by atoms with Crippen molar-refractivity contribution in [1.82, 2.24) is 10.3 Å². The van der Waals surface area contributed by atoms with E-state index < -0.39 is 34.3 Å². The van der Waals surface area contributed by atoms with Crippen LogP contribution in [0.4, 0.5) is 13.2 Å². The molecule has 9 heteroatoms. The van der Waals surface area contributed by atoms with E-state index in [2.05, 4.69) is 10.3 Å². The molecule has 0 atom stereocenters. The third kappa shape index (κ3) is 3.19. The molecule has 0 spiro atoms.